The van der Waals surface area contributed by atoms with Crippen LogP contribution in [0.15, 0.2) is 0 Å². The monoisotopic (exact) mass is 386 g/mol. The zero-order valence-corrected chi connectivity index (χ0v) is 17.8. The van der Waals surface area contributed by atoms with E-state index in [0.717, 1.165) is 0 Å². The molecule has 8 nitrogen and oxygen atoms in total. The molecule has 0 aromatic rings. The third kappa shape index (κ3) is 7.27. The van der Waals surface area contributed by atoms with Gasteiger partial charge in [-0.3, -0.25) is 4.79 Å². The third-order valence-corrected chi connectivity index (χ3v) is 4.19. The maximum absolute atomic E-state index is 12.5. The van der Waals surface area contributed by atoms with Crippen LogP contribution in [0, 0.1) is 0 Å². The van der Waals surface area contributed by atoms with Gasteiger partial charge >= 0.3 is 18.2 Å². The molecule has 1 fully saturated rings. The highest BCUT2D eigenvalue weighted by atomic mass is 16.6. The SMILES string of the molecule is CC(C)(C)OC(=O)NC1(CC(=O)O)CCN(C(=O)OC(C)(C)C)C(C)(C)C1. The second kappa shape index (κ2) is 7.56. The number of piperidine rings is 1. The molecule has 0 saturated carbocycles. The summed E-state index contributed by atoms with van der Waals surface area (Å²) in [7, 11) is 0. The van der Waals surface area contributed by atoms with Gasteiger partial charge in [0.1, 0.15) is 11.2 Å². The average molecular weight is 386 g/mol. The molecule has 1 heterocycles. The van der Waals surface area contributed by atoms with E-state index in [2.05, 4.69) is 5.32 Å². The number of rotatable bonds is 3. The van der Waals surface area contributed by atoms with Crippen LogP contribution in [0.1, 0.15) is 74.7 Å². The fraction of sp³-hybridized carbons (Fsp3) is 0.842. The summed E-state index contributed by atoms with van der Waals surface area (Å²) in [6.45, 7) is 14.5. The Morgan fingerprint density at radius 1 is 1.04 bits per heavy atom. The summed E-state index contributed by atoms with van der Waals surface area (Å²) in [5, 5.41) is 12.1. The van der Waals surface area contributed by atoms with Gasteiger partial charge in [-0.1, -0.05) is 0 Å². The van der Waals surface area contributed by atoms with E-state index in [0.29, 0.717) is 6.42 Å². The number of aliphatic carboxylic acids is 1. The predicted molar refractivity (Wildman–Crippen MR) is 101 cm³/mol. The van der Waals surface area contributed by atoms with E-state index in [9.17, 15) is 19.5 Å². The highest BCUT2D eigenvalue weighted by molar-refractivity contribution is 5.74. The van der Waals surface area contributed by atoms with Crippen LogP contribution in [0.2, 0.25) is 0 Å². The highest BCUT2D eigenvalue weighted by Crippen LogP contribution is 2.37. The summed E-state index contributed by atoms with van der Waals surface area (Å²) in [5.74, 6) is -1.02. The first kappa shape index (κ1) is 23.0. The number of nitrogens with one attached hydrogen (secondary N) is 1. The zero-order chi connectivity index (χ0) is 21.3. The van der Waals surface area contributed by atoms with Crippen molar-refractivity contribution in [3.05, 3.63) is 0 Å². The Kier molecular flexibility index (Phi) is 6.45. The number of ether oxygens (including phenoxy) is 2. The lowest BCUT2D eigenvalue weighted by Gasteiger charge is -2.50. The Morgan fingerprint density at radius 2 is 1.56 bits per heavy atom. The van der Waals surface area contributed by atoms with Gasteiger partial charge in [0.05, 0.1) is 12.0 Å². The summed E-state index contributed by atoms with van der Waals surface area (Å²) < 4.78 is 10.8. The van der Waals surface area contributed by atoms with E-state index in [1.807, 2.05) is 13.8 Å². The van der Waals surface area contributed by atoms with E-state index in [4.69, 9.17) is 9.47 Å². The molecule has 2 amide bonds. The van der Waals surface area contributed by atoms with Gasteiger partial charge in [0.15, 0.2) is 0 Å². The van der Waals surface area contributed by atoms with Crippen LogP contribution < -0.4 is 5.32 Å². The highest BCUT2D eigenvalue weighted by Gasteiger charge is 2.49. The van der Waals surface area contributed by atoms with Crippen molar-refractivity contribution in [2.24, 2.45) is 0 Å². The number of carboxylic acid groups (broad SMARTS) is 1. The van der Waals surface area contributed by atoms with Crippen LogP contribution in [0.5, 0.6) is 0 Å². The van der Waals surface area contributed by atoms with E-state index >= 15 is 0 Å². The van der Waals surface area contributed by atoms with Crippen molar-refractivity contribution in [3.8, 4) is 0 Å². The van der Waals surface area contributed by atoms with Crippen molar-refractivity contribution in [2.75, 3.05) is 6.54 Å². The molecule has 1 unspecified atom stereocenters. The first-order valence-electron chi connectivity index (χ1n) is 9.18. The number of alkyl carbamates (subject to hydrolysis) is 1. The molecule has 0 aromatic heterocycles. The van der Waals surface area contributed by atoms with Crippen molar-refractivity contribution >= 4 is 18.2 Å². The molecule has 0 radical (unpaired) electrons. The molecule has 1 rings (SSSR count). The molecule has 8 heteroatoms. The Bertz CT molecular complexity index is 588. The molecule has 1 aliphatic heterocycles. The summed E-state index contributed by atoms with van der Waals surface area (Å²) in [5.41, 5.74) is -3.03. The lowest BCUT2D eigenvalue weighted by Crippen LogP contribution is -2.64. The van der Waals surface area contributed by atoms with Gasteiger partial charge in [0.2, 0.25) is 0 Å². The number of hydrogen-bond donors (Lipinski definition) is 2. The van der Waals surface area contributed by atoms with E-state index in [1.54, 1.807) is 46.4 Å². The number of carbonyl (C=O) groups is 3. The Hall–Kier alpha value is -1.99. The molecule has 1 aliphatic rings. The molecule has 0 bridgehead atoms. The van der Waals surface area contributed by atoms with Gasteiger partial charge < -0.3 is 24.8 Å². The van der Waals surface area contributed by atoms with Crippen molar-refractivity contribution in [3.63, 3.8) is 0 Å². The van der Waals surface area contributed by atoms with Crippen LogP contribution >= 0.6 is 0 Å². The second-order valence-corrected chi connectivity index (χ2v) is 9.85. The summed E-state index contributed by atoms with van der Waals surface area (Å²) >= 11 is 0. The van der Waals surface area contributed by atoms with Gasteiger partial charge in [-0.2, -0.15) is 0 Å². The quantitative estimate of drug-likeness (QED) is 0.769. The third-order valence-electron chi connectivity index (χ3n) is 4.19. The fourth-order valence-electron chi connectivity index (χ4n) is 3.41. The first-order chi connectivity index (χ1) is 11.9. The molecule has 156 valence electrons. The number of nitrogens with zero attached hydrogens (tertiary/aromatic N) is 1. The van der Waals surface area contributed by atoms with E-state index in [1.165, 1.54) is 0 Å². The minimum atomic E-state index is -1.02. The number of amides is 2. The van der Waals surface area contributed by atoms with Gasteiger partial charge in [0.25, 0.3) is 0 Å². The zero-order valence-electron chi connectivity index (χ0n) is 17.8. The number of likely N-dealkylation sites (tertiary alicyclic amines) is 1. The standard InChI is InChI=1S/C19H34N2O6/c1-16(2,3)26-14(24)20-19(11-13(22)23)9-10-21(18(7,8)12-19)15(25)27-17(4,5)6/h9-12H2,1-8H3,(H,20,24)(H,22,23). The minimum absolute atomic E-state index is 0.252. The lowest BCUT2D eigenvalue weighted by atomic mass is 9.75. The van der Waals surface area contributed by atoms with Gasteiger partial charge in [-0.05, 0) is 68.2 Å². The van der Waals surface area contributed by atoms with Crippen LogP contribution in [0.25, 0.3) is 0 Å². The maximum Gasteiger partial charge on any atom is 0.410 e. The second-order valence-electron chi connectivity index (χ2n) is 9.85. The summed E-state index contributed by atoms with van der Waals surface area (Å²) in [6, 6.07) is 0. The maximum atomic E-state index is 12.5. The smallest absolute Gasteiger partial charge is 0.410 e. The van der Waals surface area contributed by atoms with Crippen LogP contribution in [0.4, 0.5) is 9.59 Å². The molecular formula is C19H34N2O6. The Balaban J connectivity index is 3.02. The molecular weight excluding hydrogens is 352 g/mol. The molecule has 0 aliphatic carbocycles. The van der Waals surface area contributed by atoms with Gasteiger partial charge in [0, 0.05) is 12.1 Å². The van der Waals surface area contributed by atoms with Crippen LogP contribution in [-0.2, 0) is 14.3 Å². The molecule has 1 saturated heterocycles. The van der Waals surface area contributed by atoms with Crippen LogP contribution in [0.3, 0.4) is 0 Å². The fourth-order valence-corrected chi connectivity index (χ4v) is 3.41. The number of hydrogen-bond acceptors (Lipinski definition) is 5. The lowest BCUT2D eigenvalue weighted by molar-refractivity contribution is -0.139. The predicted octanol–water partition coefficient (Wildman–Crippen LogP) is 3.53. The normalized spacial score (nSPS) is 22.7. The molecule has 0 aromatic carbocycles. The average Bonchev–Trinajstić information content (AvgIpc) is 2.30. The largest absolute Gasteiger partial charge is 0.481 e. The van der Waals surface area contributed by atoms with E-state index < -0.39 is 40.4 Å². The molecule has 2 N–H and O–H groups in total. The topological polar surface area (TPSA) is 105 Å². The van der Waals surface area contributed by atoms with Crippen molar-refractivity contribution < 1.29 is 29.0 Å². The number of carbonyl (C=O) groups excluding carboxylic acids is 2. The Morgan fingerprint density at radius 3 is 1.96 bits per heavy atom. The van der Waals surface area contributed by atoms with E-state index in [-0.39, 0.29) is 19.4 Å². The van der Waals surface area contributed by atoms with Crippen molar-refractivity contribution in [1.29, 1.82) is 0 Å². The molecule has 27 heavy (non-hydrogen) atoms. The van der Waals surface area contributed by atoms with Crippen LogP contribution in [-0.4, -0.2) is 57.0 Å². The Labute approximate surface area is 161 Å². The summed E-state index contributed by atoms with van der Waals surface area (Å²) in [6.07, 6.45) is -0.803. The van der Waals surface area contributed by atoms with Crippen molar-refractivity contribution in [1.82, 2.24) is 10.2 Å². The number of carboxylic acids is 1. The molecule has 1 atom stereocenters. The van der Waals surface area contributed by atoms with Gasteiger partial charge in [-0.15, -0.1) is 0 Å². The minimum Gasteiger partial charge on any atom is -0.481 e. The summed E-state index contributed by atoms with van der Waals surface area (Å²) in [4.78, 5) is 37.9. The first-order valence-corrected chi connectivity index (χ1v) is 9.18. The molecule has 0 spiro atoms. The van der Waals surface area contributed by atoms with Gasteiger partial charge in [-0.25, -0.2) is 9.59 Å². The van der Waals surface area contributed by atoms with Crippen molar-refractivity contribution in [2.45, 2.75) is 96.9 Å².